The number of methoxy groups -OCH3 is 1. The van der Waals surface area contributed by atoms with E-state index in [1.54, 1.807) is 7.11 Å². The van der Waals surface area contributed by atoms with Crippen molar-refractivity contribution < 1.29 is 4.74 Å². The minimum Gasteiger partial charge on any atom is -0.496 e. The summed E-state index contributed by atoms with van der Waals surface area (Å²) in [5, 5.41) is 0. The van der Waals surface area contributed by atoms with E-state index in [4.69, 9.17) is 10.5 Å². The Morgan fingerprint density at radius 2 is 1.89 bits per heavy atom. The Kier molecular flexibility index (Phi) is 5.83. The van der Waals surface area contributed by atoms with Gasteiger partial charge in [-0.15, -0.1) is 0 Å². The summed E-state index contributed by atoms with van der Waals surface area (Å²) in [6.07, 6.45) is 1.07. The van der Waals surface area contributed by atoms with Gasteiger partial charge in [0, 0.05) is 11.6 Å². The fourth-order valence-electron chi connectivity index (χ4n) is 2.92. The van der Waals surface area contributed by atoms with Crippen LogP contribution in [0, 0.1) is 19.8 Å². The van der Waals surface area contributed by atoms with Crippen LogP contribution in [0.2, 0.25) is 0 Å². The first-order valence-electron chi connectivity index (χ1n) is 6.97. The van der Waals surface area contributed by atoms with E-state index in [1.807, 2.05) is 0 Å². The predicted molar refractivity (Wildman–Crippen MR) is 81.7 cm³/mol. The molecule has 0 radical (unpaired) electrons. The molecule has 0 aliphatic rings. The molecule has 0 spiro atoms. The Labute approximate surface area is 117 Å². The van der Waals surface area contributed by atoms with E-state index in [0.717, 1.165) is 12.2 Å². The zero-order valence-electron chi connectivity index (χ0n) is 13.2. The van der Waals surface area contributed by atoms with Gasteiger partial charge in [-0.2, -0.15) is 0 Å². The first kappa shape index (κ1) is 16.0. The van der Waals surface area contributed by atoms with Crippen LogP contribution in [-0.2, 0) is 0 Å². The van der Waals surface area contributed by atoms with Crippen molar-refractivity contribution in [2.75, 3.05) is 27.7 Å². The molecule has 19 heavy (non-hydrogen) atoms. The molecule has 2 N–H and O–H groups in total. The van der Waals surface area contributed by atoms with Crippen molar-refractivity contribution in [1.82, 2.24) is 4.90 Å². The number of nitrogens with zero attached hydrogens (tertiary/aromatic N) is 1. The zero-order chi connectivity index (χ0) is 14.6. The molecule has 2 atom stereocenters. The number of aryl methyl sites for hydroxylation is 2. The maximum absolute atomic E-state index is 5.96. The summed E-state index contributed by atoms with van der Waals surface area (Å²) in [5.41, 5.74) is 9.75. The van der Waals surface area contributed by atoms with Gasteiger partial charge in [0.2, 0.25) is 0 Å². The molecule has 0 bridgehead atoms. The van der Waals surface area contributed by atoms with Crippen LogP contribution >= 0.6 is 0 Å². The molecule has 0 aliphatic carbocycles. The lowest BCUT2D eigenvalue weighted by Crippen LogP contribution is -2.32. The van der Waals surface area contributed by atoms with Gasteiger partial charge in [-0.1, -0.05) is 19.4 Å². The van der Waals surface area contributed by atoms with Gasteiger partial charge in [0.15, 0.2) is 0 Å². The van der Waals surface area contributed by atoms with Gasteiger partial charge in [-0.25, -0.2) is 0 Å². The van der Waals surface area contributed by atoms with Gasteiger partial charge in [0.1, 0.15) is 5.75 Å². The van der Waals surface area contributed by atoms with Gasteiger partial charge in [-0.05, 0) is 57.6 Å². The number of hydrogen-bond acceptors (Lipinski definition) is 3. The van der Waals surface area contributed by atoms with E-state index in [9.17, 15) is 0 Å². The molecule has 108 valence electrons. The fourth-order valence-corrected chi connectivity index (χ4v) is 2.92. The van der Waals surface area contributed by atoms with Crippen LogP contribution in [0.1, 0.15) is 36.1 Å². The van der Waals surface area contributed by atoms with Crippen molar-refractivity contribution in [2.24, 2.45) is 11.7 Å². The summed E-state index contributed by atoms with van der Waals surface area (Å²) < 4.78 is 5.61. The molecule has 3 heteroatoms. The van der Waals surface area contributed by atoms with Gasteiger partial charge in [-0.3, -0.25) is 0 Å². The lowest BCUT2D eigenvalue weighted by atomic mass is 9.86. The maximum Gasteiger partial charge on any atom is 0.124 e. The number of hydrogen-bond donors (Lipinski definition) is 1. The van der Waals surface area contributed by atoms with E-state index in [1.165, 1.54) is 16.7 Å². The summed E-state index contributed by atoms with van der Waals surface area (Å²) in [7, 11) is 5.97. The Balaban J connectivity index is 3.37. The molecule has 0 aromatic heterocycles. The highest BCUT2D eigenvalue weighted by molar-refractivity contribution is 5.45. The third kappa shape index (κ3) is 3.48. The van der Waals surface area contributed by atoms with Crippen molar-refractivity contribution in [3.8, 4) is 5.75 Å². The minimum atomic E-state index is 0.297. The highest BCUT2D eigenvalue weighted by Crippen LogP contribution is 2.37. The summed E-state index contributed by atoms with van der Waals surface area (Å²) >= 11 is 0. The lowest BCUT2D eigenvalue weighted by molar-refractivity contribution is 0.205. The standard InChI is InChI=1S/C16H28N2O/c1-7-13(10-17)16(18(4)5)15-12(3)8-11(2)9-14(15)19-6/h8-9,13,16H,7,10,17H2,1-6H3. The minimum absolute atomic E-state index is 0.297. The van der Waals surface area contributed by atoms with E-state index in [0.29, 0.717) is 18.5 Å². The quantitative estimate of drug-likeness (QED) is 0.858. The smallest absolute Gasteiger partial charge is 0.124 e. The Hall–Kier alpha value is -1.06. The largest absolute Gasteiger partial charge is 0.496 e. The van der Waals surface area contributed by atoms with Crippen molar-refractivity contribution >= 4 is 0 Å². The van der Waals surface area contributed by atoms with E-state index < -0.39 is 0 Å². The highest BCUT2D eigenvalue weighted by Gasteiger charge is 2.27. The molecule has 0 amide bonds. The fraction of sp³-hybridized carbons (Fsp3) is 0.625. The first-order chi connectivity index (χ1) is 8.96. The summed E-state index contributed by atoms with van der Waals surface area (Å²) in [5.74, 6) is 1.41. The lowest BCUT2D eigenvalue weighted by Gasteiger charge is -2.34. The van der Waals surface area contributed by atoms with E-state index in [2.05, 4.69) is 51.9 Å². The van der Waals surface area contributed by atoms with Crippen LogP contribution in [0.5, 0.6) is 5.75 Å². The average Bonchev–Trinajstić information content (AvgIpc) is 2.35. The molecular formula is C16H28N2O. The normalized spacial score (nSPS) is 14.5. The summed E-state index contributed by atoms with van der Waals surface area (Å²) in [4.78, 5) is 2.25. The Morgan fingerprint density at radius 1 is 1.26 bits per heavy atom. The van der Waals surface area contributed by atoms with Crippen molar-refractivity contribution in [1.29, 1.82) is 0 Å². The third-order valence-electron chi connectivity index (χ3n) is 3.84. The Morgan fingerprint density at radius 3 is 2.32 bits per heavy atom. The summed E-state index contributed by atoms with van der Waals surface area (Å²) in [6.45, 7) is 7.15. The maximum atomic E-state index is 5.96. The average molecular weight is 264 g/mol. The van der Waals surface area contributed by atoms with Gasteiger partial charge >= 0.3 is 0 Å². The van der Waals surface area contributed by atoms with Crippen molar-refractivity contribution in [3.63, 3.8) is 0 Å². The van der Waals surface area contributed by atoms with E-state index in [-0.39, 0.29) is 0 Å². The first-order valence-corrected chi connectivity index (χ1v) is 6.97. The van der Waals surface area contributed by atoms with Crippen LogP contribution in [0.15, 0.2) is 12.1 Å². The van der Waals surface area contributed by atoms with Crippen LogP contribution in [0.4, 0.5) is 0 Å². The number of nitrogens with two attached hydrogens (primary N) is 1. The predicted octanol–water partition coefficient (Wildman–Crippen LogP) is 2.90. The Bertz CT molecular complexity index is 411. The van der Waals surface area contributed by atoms with E-state index >= 15 is 0 Å². The molecule has 3 nitrogen and oxygen atoms in total. The summed E-state index contributed by atoms with van der Waals surface area (Å²) in [6, 6.07) is 4.63. The second-order valence-corrected chi connectivity index (χ2v) is 5.51. The number of rotatable bonds is 6. The molecule has 0 heterocycles. The second kappa shape index (κ2) is 6.92. The monoisotopic (exact) mass is 264 g/mol. The highest BCUT2D eigenvalue weighted by atomic mass is 16.5. The van der Waals surface area contributed by atoms with Crippen LogP contribution in [0.3, 0.4) is 0 Å². The molecule has 0 fully saturated rings. The molecule has 0 saturated carbocycles. The van der Waals surface area contributed by atoms with Crippen molar-refractivity contribution in [3.05, 3.63) is 28.8 Å². The third-order valence-corrected chi connectivity index (χ3v) is 3.84. The second-order valence-electron chi connectivity index (χ2n) is 5.51. The number of benzene rings is 1. The molecule has 1 aromatic rings. The molecule has 0 aliphatic heterocycles. The topological polar surface area (TPSA) is 38.5 Å². The van der Waals surface area contributed by atoms with Crippen LogP contribution in [-0.4, -0.2) is 32.6 Å². The van der Waals surface area contributed by atoms with Gasteiger partial charge in [0.05, 0.1) is 7.11 Å². The molecule has 2 unspecified atom stereocenters. The molecule has 0 saturated heterocycles. The van der Waals surface area contributed by atoms with Crippen LogP contribution < -0.4 is 10.5 Å². The van der Waals surface area contributed by atoms with Gasteiger partial charge in [0.25, 0.3) is 0 Å². The SMILES string of the molecule is CCC(CN)C(c1c(C)cc(C)cc1OC)N(C)C. The van der Waals surface area contributed by atoms with Gasteiger partial charge < -0.3 is 15.4 Å². The molecule has 1 rings (SSSR count). The molecular weight excluding hydrogens is 236 g/mol. The number of ether oxygens (including phenoxy) is 1. The zero-order valence-corrected chi connectivity index (χ0v) is 13.2. The van der Waals surface area contributed by atoms with Crippen molar-refractivity contribution in [2.45, 2.75) is 33.2 Å². The molecule has 1 aromatic carbocycles. The van der Waals surface area contributed by atoms with Crippen LogP contribution in [0.25, 0.3) is 0 Å².